The van der Waals surface area contributed by atoms with Crippen molar-refractivity contribution in [3.63, 3.8) is 0 Å². The highest BCUT2D eigenvalue weighted by atomic mass is 16.5. The second-order valence-corrected chi connectivity index (χ2v) is 5.54. The van der Waals surface area contributed by atoms with Crippen molar-refractivity contribution in [1.82, 2.24) is 14.4 Å². The summed E-state index contributed by atoms with van der Waals surface area (Å²) >= 11 is 0. The third-order valence-corrected chi connectivity index (χ3v) is 4.00. The largest absolute Gasteiger partial charge is 0.471 e. The van der Waals surface area contributed by atoms with Gasteiger partial charge in [-0.05, 0) is 32.1 Å². The van der Waals surface area contributed by atoms with Gasteiger partial charge >= 0.3 is 0 Å². The first-order valence-corrected chi connectivity index (χ1v) is 7.52. The molecule has 108 valence electrons. The van der Waals surface area contributed by atoms with E-state index in [2.05, 4.69) is 29.1 Å². The lowest BCUT2D eigenvalue weighted by Gasteiger charge is -2.28. The summed E-state index contributed by atoms with van der Waals surface area (Å²) < 4.78 is 8.16. The first-order chi connectivity index (χ1) is 9.78. The fourth-order valence-corrected chi connectivity index (χ4v) is 2.85. The highest BCUT2D eigenvalue weighted by Crippen LogP contribution is 2.29. The van der Waals surface area contributed by atoms with Crippen molar-refractivity contribution >= 4 is 11.5 Å². The normalized spacial score (nSPS) is 22.9. The Balaban J connectivity index is 1.90. The van der Waals surface area contributed by atoms with Crippen LogP contribution in [0, 0.1) is 5.92 Å². The van der Waals surface area contributed by atoms with Gasteiger partial charge in [0.1, 0.15) is 11.9 Å². The zero-order valence-electron chi connectivity index (χ0n) is 12.2. The zero-order valence-corrected chi connectivity index (χ0v) is 12.2. The van der Waals surface area contributed by atoms with Crippen molar-refractivity contribution < 1.29 is 4.74 Å². The molecule has 5 heteroatoms. The Morgan fingerprint density at radius 3 is 3.05 bits per heavy atom. The van der Waals surface area contributed by atoms with Gasteiger partial charge in [0, 0.05) is 18.9 Å². The van der Waals surface area contributed by atoms with Gasteiger partial charge in [0.05, 0.1) is 6.20 Å². The second-order valence-electron chi connectivity index (χ2n) is 5.54. The summed E-state index contributed by atoms with van der Waals surface area (Å²) in [6, 6.07) is 0. The molecule has 20 heavy (non-hydrogen) atoms. The van der Waals surface area contributed by atoms with E-state index < -0.39 is 0 Å². The SMILES string of the molecule is CCNc1cn2ccnc2c(OC2CCCCC2C)n1. The van der Waals surface area contributed by atoms with Crippen molar-refractivity contribution in [2.45, 2.75) is 45.6 Å². The molecule has 1 fully saturated rings. The molecule has 3 rings (SSSR count). The average Bonchev–Trinajstić information content (AvgIpc) is 2.90. The van der Waals surface area contributed by atoms with Crippen LogP contribution in [0.3, 0.4) is 0 Å². The Labute approximate surface area is 119 Å². The molecule has 5 nitrogen and oxygen atoms in total. The van der Waals surface area contributed by atoms with E-state index >= 15 is 0 Å². The average molecular weight is 274 g/mol. The van der Waals surface area contributed by atoms with Crippen molar-refractivity contribution in [2.75, 3.05) is 11.9 Å². The molecule has 1 N–H and O–H groups in total. The number of hydrogen-bond donors (Lipinski definition) is 1. The minimum atomic E-state index is 0.258. The first-order valence-electron chi connectivity index (χ1n) is 7.52. The summed E-state index contributed by atoms with van der Waals surface area (Å²) in [6.45, 7) is 5.16. The van der Waals surface area contributed by atoms with Gasteiger partial charge in [-0.2, -0.15) is 4.98 Å². The lowest BCUT2D eigenvalue weighted by Crippen LogP contribution is -2.29. The maximum Gasteiger partial charge on any atom is 0.260 e. The number of fused-ring (bicyclic) bond motifs is 1. The quantitative estimate of drug-likeness (QED) is 0.930. The van der Waals surface area contributed by atoms with E-state index in [1.54, 1.807) is 6.20 Å². The number of rotatable bonds is 4. The van der Waals surface area contributed by atoms with Gasteiger partial charge < -0.3 is 10.1 Å². The van der Waals surface area contributed by atoms with Crippen LogP contribution in [0.5, 0.6) is 5.88 Å². The molecule has 2 aromatic rings. The lowest BCUT2D eigenvalue weighted by molar-refractivity contribution is 0.0988. The Morgan fingerprint density at radius 2 is 2.25 bits per heavy atom. The van der Waals surface area contributed by atoms with E-state index in [9.17, 15) is 0 Å². The van der Waals surface area contributed by atoms with Crippen LogP contribution in [0.15, 0.2) is 18.6 Å². The molecule has 1 aliphatic rings. The first kappa shape index (κ1) is 13.2. The molecule has 0 aromatic carbocycles. The predicted molar refractivity (Wildman–Crippen MR) is 79.2 cm³/mol. The van der Waals surface area contributed by atoms with Gasteiger partial charge in [0.15, 0.2) is 0 Å². The van der Waals surface area contributed by atoms with Crippen molar-refractivity contribution in [1.29, 1.82) is 0 Å². The van der Waals surface area contributed by atoms with E-state index in [4.69, 9.17) is 4.74 Å². The van der Waals surface area contributed by atoms with Gasteiger partial charge in [0.25, 0.3) is 5.88 Å². The van der Waals surface area contributed by atoms with E-state index in [1.165, 1.54) is 19.3 Å². The van der Waals surface area contributed by atoms with Crippen molar-refractivity contribution in [3.8, 4) is 5.88 Å². The molecule has 2 heterocycles. The number of imidazole rings is 1. The molecule has 2 unspecified atom stereocenters. The maximum atomic E-state index is 6.19. The molecule has 0 amide bonds. The number of nitrogens with one attached hydrogen (secondary N) is 1. The number of aromatic nitrogens is 3. The van der Waals surface area contributed by atoms with Crippen LogP contribution in [0.4, 0.5) is 5.82 Å². The van der Waals surface area contributed by atoms with Crippen LogP contribution in [0.1, 0.15) is 39.5 Å². The van der Waals surface area contributed by atoms with E-state index in [-0.39, 0.29) is 6.10 Å². The zero-order chi connectivity index (χ0) is 13.9. The Morgan fingerprint density at radius 1 is 1.40 bits per heavy atom. The summed E-state index contributed by atoms with van der Waals surface area (Å²) in [4.78, 5) is 8.93. The smallest absolute Gasteiger partial charge is 0.260 e. The molecular formula is C15H22N4O. The molecule has 0 saturated heterocycles. The van der Waals surface area contributed by atoms with Crippen LogP contribution < -0.4 is 10.1 Å². The lowest BCUT2D eigenvalue weighted by atomic mass is 9.88. The minimum absolute atomic E-state index is 0.258. The third-order valence-electron chi connectivity index (χ3n) is 4.00. The third kappa shape index (κ3) is 2.57. The predicted octanol–water partition coefficient (Wildman–Crippen LogP) is 3.12. The standard InChI is InChI=1S/C15H22N4O/c1-3-16-13-10-19-9-8-17-14(19)15(18-13)20-12-7-5-4-6-11(12)2/h8-12,16H,3-7H2,1-2H3. The molecule has 2 aromatic heterocycles. The van der Waals surface area contributed by atoms with Crippen LogP contribution >= 0.6 is 0 Å². The van der Waals surface area contributed by atoms with Crippen LogP contribution in [-0.2, 0) is 0 Å². The van der Waals surface area contributed by atoms with Gasteiger partial charge in [-0.15, -0.1) is 0 Å². The number of nitrogens with zero attached hydrogens (tertiary/aromatic N) is 3. The van der Waals surface area contributed by atoms with E-state index in [0.717, 1.165) is 24.4 Å². The summed E-state index contributed by atoms with van der Waals surface area (Å²) in [5.74, 6) is 2.06. The summed E-state index contributed by atoms with van der Waals surface area (Å²) in [6.07, 6.45) is 10.8. The van der Waals surface area contributed by atoms with Crippen LogP contribution in [0.2, 0.25) is 0 Å². The summed E-state index contributed by atoms with van der Waals surface area (Å²) in [5, 5.41) is 3.24. The summed E-state index contributed by atoms with van der Waals surface area (Å²) in [5.41, 5.74) is 0.796. The molecule has 1 saturated carbocycles. The molecule has 1 aliphatic carbocycles. The highest BCUT2D eigenvalue weighted by Gasteiger charge is 2.24. The Kier molecular flexibility index (Phi) is 3.76. The van der Waals surface area contributed by atoms with E-state index in [1.807, 2.05) is 16.8 Å². The molecule has 0 radical (unpaired) electrons. The van der Waals surface area contributed by atoms with Crippen LogP contribution in [0.25, 0.3) is 5.65 Å². The molecular weight excluding hydrogens is 252 g/mol. The van der Waals surface area contributed by atoms with Gasteiger partial charge in [-0.1, -0.05) is 13.3 Å². The molecule has 0 bridgehead atoms. The Hall–Kier alpha value is -1.78. The van der Waals surface area contributed by atoms with Crippen molar-refractivity contribution in [2.24, 2.45) is 5.92 Å². The monoisotopic (exact) mass is 274 g/mol. The topological polar surface area (TPSA) is 51.5 Å². The van der Waals surface area contributed by atoms with Gasteiger partial charge in [-0.3, -0.25) is 4.40 Å². The second kappa shape index (κ2) is 5.69. The number of anilines is 1. The fraction of sp³-hybridized carbons (Fsp3) is 0.600. The highest BCUT2D eigenvalue weighted by molar-refractivity contribution is 5.53. The van der Waals surface area contributed by atoms with Crippen LogP contribution in [-0.4, -0.2) is 27.0 Å². The molecule has 0 spiro atoms. The Bertz CT molecular complexity index is 580. The fourth-order valence-electron chi connectivity index (χ4n) is 2.85. The van der Waals surface area contributed by atoms with Gasteiger partial charge in [0.2, 0.25) is 5.65 Å². The summed E-state index contributed by atoms with van der Waals surface area (Å²) in [7, 11) is 0. The van der Waals surface area contributed by atoms with Gasteiger partial charge in [-0.25, -0.2) is 4.98 Å². The maximum absolute atomic E-state index is 6.19. The molecule has 2 atom stereocenters. The number of hydrogen-bond acceptors (Lipinski definition) is 4. The van der Waals surface area contributed by atoms with E-state index in [0.29, 0.717) is 11.8 Å². The molecule has 0 aliphatic heterocycles. The van der Waals surface area contributed by atoms with Crippen molar-refractivity contribution in [3.05, 3.63) is 18.6 Å². The minimum Gasteiger partial charge on any atom is -0.471 e. The number of ether oxygens (including phenoxy) is 1.